The first-order valence-electron chi connectivity index (χ1n) is 5.52. The van der Waals surface area contributed by atoms with Gasteiger partial charge in [0.15, 0.2) is 0 Å². The lowest BCUT2D eigenvalue weighted by Crippen LogP contribution is -2.38. The topological polar surface area (TPSA) is 57.7 Å². The number of rotatable bonds is 3. The normalized spacial score (nSPS) is 17.2. The molecule has 0 radical (unpaired) electrons. The molecule has 0 aromatic rings. The Bertz CT molecular complexity index is 302. The maximum Gasteiger partial charge on any atom is 0.241 e. The third kappa shape index (κ3) is 3.64. The van der Waals surface area contributed by atoms with Crippen LogP contribution in [0.25, 0.3) is 0 Å². The number of carbonyl (C=O) groups excluding carboxylic acids is 3. The molecule has 2 amide bonds. The van der Waals surface area contributed by atoms with Gasteiger partial charge in [-0.05, 0) is 13.3 Å². The summed E-state index contributed by atoms with van der Waals surface area (Å²) in [6.45, 7) is 2.91. The molecule has 0 atom stereocenters. The second-order valence-corrected chi connectivity index (χ2v) is 4.19. The van der Waals surface area contributed by atoms with Crippen LogP contribution < -0.4 is 0 Å². The minimum Gasteiger partial charge on any atom is -0.344 e. The predicted octanol–water partition coefficient (Wildman–Crippen LogP) is 0.0463. The van der Waals surface area contributed by atoms with E-state index in [-0.39, 0.29) is 37.0 Å². The van der Waals surface area contributed by atoms with Crippen molar-refractivity contribution in [2.45, 2.75) is 26.2 Å². The molecule has 16 heavy (non-hydrogen) atoms. The van der Waals surface area contributed by atoms with Crippen LogP contribution in [-0.2, 0) is 14.4 Å². The van der Waals surface area contributed by atoms with E-state index in [1.54, 1.807) is 16.8 Å². The predicted molar refractivity (Wildman–Crippen MR) is 58.7 cm³/mol. The fourth-order valence-corrected chi connectivity index (χ4v) is 1.64. The lowest BCUT2D eigenvalue weighted by molar-refractivity contribution is -0.138. The second-order valence-electron chi connectivity index (χ2n) is 4.19. The molecule has 1 rings (SSSR count). The third-order valence-corrected chi connectivity index (χ3v) is 2.72. The first-order chi connectivity index (χ1) is 7.50. The highest BCUT2D eigenvalue weighted by Crippen LogP contribution is 2.05. The van der Waals surface area contributed by atoms with Crippen molar-refractivity contribution in [1.29, 1.82) is 0 Å². The molecule has 1 aliphatic heterocycles. The van der Waals surface area contributed by atoms with Crippen LogP contribution in [0.1, 0.15) is 26.2 Å². The summed E-state index contributed by atoms with van der Waals surface area (Å²) in [5.41, 5.74) is 0. The van der Waals surface area contributed by atoms with Gasteiger partial charge < -0.3 is 14.6 Å². The van der Waals surface area contributed by atoms with E-state index in [2.05, 4.69) is 0 Å². The maximum atomic E-state index is 11.7. The van der Waals surface area contributed by atoms with Gasteiger partial charge in [0.1, 0.15) is 5.78 Å². The molecular weight excluding hydrogens is 208 g/mol. The summed E-state index contributed by atoms with van der Waals surface area (Å²) in [6, 6.07) is 0. The van der Waals surface area contributed by atoms with Crippen molar-refractivity contribution < 1.29 is 14.4 Å². The fourth-order valence-electron chi connectivity index (χ4n) is 1.64. The molecule has 1 fully saturated rings. The number of Topliss-reactive ketones (excluding diaryl/α,β-unsaturated/α-hetero) is 1. The Kier molecular flexibility index (Phi) is 4.46. The molecule has 0 N–H and O–H groups in total. The number of ketones is 1. The van der Waals surface area contributed by atoms with Gasteiger partial charge in [0.25, 0.3) is 0 Å². The van der Waals surface area contributed by atoms with Crippen LogP contribution in [0.2, 0.25) is 0 Å². The minimum absolute atomic E-state index is 0.00613. The van der Waals surface area contributed by atoms with Crippen molar-refractivity contribution in [3.05, 3.63) is 0 Å². The van der Waals surface area contributed by atoms with E-state index in [4.69, 9.17) is 0 Å². The Morgan fingerprint density at radius 2 is 1.94 bits per heavy atom. The van der Waals surface area contributed by atoms with Gasteiger partial charge in [0.2, 0.25) is 11.8 Å². The van der Waals surface area contributed by atoms with E-state index in [1.165, 1.54) is 6.92 Å². The number of hydrogen-bond donors (Lipinski definition) is 0. The largest absolute Gasteiger partial charge is 0.344 e. The molecule has 1 aliphatic rings. The number of amides is 2. The summed E-state index contributed by atoms with van der Waals surface area (Å²) in [5.74, 6) is -0.126. The number of nitrogens with zero attached hydrogens (tertiary/aromatic N) is 2. The standard InChI is InChI=1S/C11H18N2O3/c1-9(14)4-5-10(15)13-7-3-6-12(2)11(16)8-13/h3-8H2,1-2H3. The Morgan fingerprint density at radius 3 is 2.56 bits per heavy atom. The maximum absolute atomic E-state index is 11.7. The van der Waals surface area contributed by atoms with Crippen LogP contribution >= 0.6 is 0 Å². The Hall–Kier alpha value is -1.39. The average molecular weight is 226 g/mol. The summed E-state index contributed by atoms with van der Waals surface area (Å²) in [6.07, 6.45) is 1.28. The summed E-state index contributed by atoms with van der Waals surface area (Å²) in [7, 11) is 1.74. The molecule has 1 saturated heterocycles. The van der Waals surface area contributed by atoms with Crippen LogP contribution in [0.15, 0.2) is 0 Å². The molecule has 0 aliphatic carbocycles. The molecule has 5 nitrogen and oxygen atoms in total. The zero-order chi connectivity index (χ0) is 12.1. The van der Waals surface area contributed by atoms with E-state index in [1.807, 2.05) is 0 Å². The van der Waals surface area contributed by atoms with Crippen LogP contribution in [0.5, 0.6) is 0 Å². The minimum atomic E-state index is -0.0983. The van der Waals surface area contributed by atoms with Gasteiger partial charge in [-0.3, -0.25) is 9.59 Å². The van der Waals surface area contributed by atoms with Crippen molar-refractivity contribution in [3.8, 4) is 0 Å². The fraction of sp³-hybridized carbons (Fsp3) is 0.727. The number of hydrogen-bond acceptors (Lipinski definition) is 3. The van der Waals surface area contributed by atoms with Crippen molar-refractivity contribution in [2.75, 3.05) is 26.7 Å². The summed E-state index contributed by atoms with van der Waals surface area (Å²) in [5, 5.41) is 0. The van der Waals surface area contributed by atoms with Crippen LogP contribution in [0, 0.1) is 0 Å². The average Bonchev–Trinajstić information content (AvgIpc) is 2.38. The molecule has 0 aromatic heterocycles. The monoisotopic (exact) mass is 226 g/mol. The van der Waals surface area contributed by atoms with Crippen LogP contribution in [0.4, 0.5) is 0 Å². The zero-order valence-electron chi connectivity index (χ0n) is 9.86. The highest BCUT2D eigenvalue weighted by molar-refractivity contribution is 5.87. The van der Waals surface area contributed by atoms with E-state index in [0.29, 0.717) is 13.1 Å². The van der Waals surface area contributed by atoms with Gasteiger partial charge in [-0.1, -0.05) is 0 Å². The zero-order valence-corrected chi connectivity index (χ0v) is 9.86. The second kappa shape index (κ2) is 5.63. The van der Waals surface area contributed by atoms with Gasteiger partial charge in [-0.15, -0.1) is 0 Å². The molecule has 0 bridgehead atoms. The lowest BCUT2D eigenvalue weighted by Gasteiger charge is -2.19. The highest BCUT2D eigenvalue weighted by atomic mass is 16.2. The lowest BCUT2D eigenvalue weighted by atomic mass is 10.2. The van der Waals surface area contributed by atoms with Crippen molar-refractivity contribution >= 4 is 17.6 Å². The molecule has 0 saturated carbocycles. The smallest absolute Gasteiger partial charge is 0.241 e. The number of carbonyl (C=O) groups is 3. The Labute approximate surface area is 95.4 Å². The van der Waals surface area contributed by atoms with Gasteiger partial charge in [0, 0.05) is 33.0 Å². The Balaban J connectivity index is 2.49. The highest BCUT2D eigenvalue weighted by Gasteiger charge is 2.22. The van der Waals surface area contributed by atoms with E-state index < -0.39 is 0 Å². The molecule has 1 heterocycles. The molecular formula is C11H18N2O3. The van der Waals surface area contributed by atoms with Crippen LogP contribution in [0.3, 0.4) is 0 Å². The van der Waals surface area contributed by atoms with E-state index >= 15 is 0 Å². The summed E-state index contributed by atoms with van der Waals surface area (Å²) >= 11 is 0. The van der Waals surface area contributed by atoms with Crippen LogP contribution in [-0.4, -0.2) is 54.1 Å². The molecule has 90 valence electrons. The van der Waals surface area contributed by atoms with E-state index in [9.17, 15) is 14.4 Å². The van der Waals surface area contributed by atoms with Crippen molar-refractivity contribution in [3.63, 3.8) is 0 Å². The summed E-state index contributed by atoms with van der Waals surface area (Å²) in [4.78, 5) is 37.2. The first-order valence-corrected chi connectivity index (χ1v) is 5.52. The van der Waals surface area contributed by atoms with Crippen molar-refractivity contribution in [2.24, 2.45) is 0 Å². The van der Waals surface area contributed by atoms with Gasteiger partial charge in [-0.2, -0.15) is 0 Å². The number of likely N-dealkylation sites (N-methyl/N-ethyl adjacent to an activating group) is 1. The van der Waals surface area contributed by atoms with E-state index in [0.717, 1.165) is 6.42 Å². The molecule has 0 aromatic carbocycles. The Morgan fingerprint density at radius 1 is 1.25 bits per heavy atom. The first kappa shape index (κ1) is 12.7. The van der Waals surface area contributed by atoms with Gasteiger partial charge >= 0.3 is 0 Å². The molecule has 5 heteroatoms. The third-order valence-electron chi connectivity index (χ3n) is 2.72. The van der Waals surface area contributed by atoms with Gasteiger partial charge in [-0.25, -0.2) is 0 Å². The van der Waals surface area contributed by atoms with Gasteiger partial charge in [0.05, 0.1) is 6.54 Å². The SMILES string of the molecule is CC(=O)CCC(=O)N1CCCN(C)C(=O)C1. The molecule has 0 unspecified atom stereocenters. The van der Waals surface area contributed by atoms with Crippen molar-refractivity contribution in [1.82, 2.24) is 9.80 Å². The molecule has 0 spiro atoms. The summed E-state index contributed by atoms with van der Waals surface area (Å²) < 4.78 is 0. The quantitative estimate of drug-likeness (QED) is 0.683.